The summed E-state index contributed by atoms with van der Waals surface area (Å²) in [4.78, 5) is 8.45. The summed E-state index contributed by atoms with van der Waals surface area (Å²) in [5.41, 5.74) is 1.90. The van der Waals surface area contributed by atoms with Crippen LogP contribution in [0.25, 0.3) is 0 Å². The normalized spacial score (nSPS) is 12.7. The summed E-state index contributed by atoms with van der Waals surface area (Å²) in [6, 6.07) is 2.03. The van der Waals surface area contributed by atoms with Gasteiger partial charge in [0.05, 0.1) is 35.2 Å². The van der Waals surface area contributed by atoms with E-state index in [2.05, 4.69) is 57.1 Å². The molecule has 1 unspecified atom stereocenters. The SMILES string of the molecule is CCNC(c1cc(OC)ncn1)c1c(Br)cnn1C(C)C. The smallest absolute Gasteiger partial charge is 0.216 e. The second kappa shape index (κ2) is 7.00. The Morgan fingerprint density at radius 1 is 1.38 bits per heavy atom. The van der Waals surface area contributed by atoms with E-state index in [4.69, 9.17) is 4.74 Å². The molecule has 6 nitrogen and oxygen atoms in total. The molecule has 0 aromatic carbocycles. The lowest BCUT2D eigenvalue weighted by atomic mass is 10.1. The molecule has 2 heterocycles. The Morgan fingerprint density at radius 3 is 2.76 bits per heavy atom. The van der Waals surface area contributed by atoms with E-state index in [0.29, 0.717) is 5.88 Å². The lowest BCUT2D eigenvalue weighted by Crippen LogP contribution is -2.26. The van der Waals surface area contributed by atoms with Crippen LogP contribution in [0, 0.1) is 0 Å². The van der Waals surface area contributed by atoms with Crippen molar-refractivity contribution >= 4 is 15.9 Å². The van der Waals surface area contributed by atoms with Crippen molar-refractivity contribution in [3.8, 4) is 5.88 Å². The van der Waals surface area contributed by atoms with Crippen LogP contribution >= 0.6 is 15.9 Å². The van der Waals surface area contributed by atoms with Crippen molar-refractivity contribution in [3.05, 3.63) is 34.5 Å². The van der Waals surface area contributed by atoms with Gasteiger partial charge in [-0.25, -0.2) is 9.97 Å². The van der Waals surface area contributed by atoms with Crippen LogP contribution < -0.4 is 10.1 Å². The van der Waals surface area contributed by atoms with Gasteiger partial charge in [-0.3, -0.25) is 4.68 Å². The first-order chi connectivity index (χ1) is 10.1. The molecule has 114 valence electrons. The molecule has 0 radical (unpaired) electrons. The maximum Gasteiger partial charge on any atom is 0.216 e. The molecule has 0 saturated carbocycles. The second-order valence-electron chi connectivity index (χ2n) is 4.89. The molecule has 21 heavy (non-hydrogen) atoms. The Morgan fingerprint density at radius 2 is 2.14 bits per heavy atom. The van der Waals surface area contributed by atoms with Gasteiger partial charge >= 0.3 is 0 Å². The van der Waals surface area contributed by atoms with E-state index < -0.39 is 0 Å². The number of methoxy groups -OCH3 is 1. The number of halogens is 1. The summed E-state index contributed by atoms with van der Waals surface area (Å²) in [7, 11) is 1.60. The maximum atomic E-state index is 5.20. The number of aromatic nitrogens is 4. The van der Waals surface area contributed by atoms with Gasteiger partial charge in [0.15, 0.2) is 0 Å². The van der Waals surface area contributed by atoms with Crippen LogP contribution in [0.3, 0.4) is 0 Å². The zero-order valence-electron chi connectivity index (χ0n) is 12.7. The molecule has 0 bridgehead atoms. The second-order valence-corrected chi connectivity index (χ2v) is 5.75. The number of nitrogens with zero attached hydrogens (tertiary/aromatic N) is 4. The third kappa shape index (κ3) is 3.41. The molecule has 0 aliphatic rings. The van der Waals surface area contributed by atoms with E-state index in [1.165, 1.54) is 6.33 Å². The first-order valence-corrected chi connectivity index (χ1v) is 7.70. The van der Waals surface area contributed by atoms with Gasteiger partial charge in [0.1, 0.15) is 6.33 Å². The summed E-state index contributed by atoms with van der Waals surface area (Å²) in [6.07, 6.45) is 3.33. The van der Waals surface area contributed by atoms with Crippen LogP contribution in [0.2, 0.25) is 0 Å². The Kier molecular flexibility index (Phi) is 5.30. The van der Waals surface area contributed by atoms with Crippen molar-refractivity contribution in [2.24, 2.45) is 0 Å². The van der Waals surface area contributed by atoms with E-state index in [-0.39, 0.29) is 12.1 Å². The van der Waals surface area contributed by atoms with Crippen molar-refractivity contribution in [1.29, 1.82) is 0 Å². The number of nitrogens with one attached hydrogen (secondary N) is 1. The van der Waals surface area contributed by atoms with E-state index in [9.17, 15) is 0 Å². The fourth-order valence-corrected chi connectivity index (χ4v) is 2.70. The molecule has 7 heteroatoms. The van der Waals surface area contributed by atoms with Crippen molar-refractivity contribution in [2.75, 3.05) is 13.7 Å². The van der Waals surface area contributed by atoms with E-state index in [1.54, 1.807) is 7.11 Å². The lowest BCUT2D eigenvalue weighted by molar-refractivity contribution is 0.394. The molecule has 0 saturated heterocycles. The van der Waals surface area contributed by atoms with Crippen LogP contribution in [-0.2, 0) is 0 Å². The number of ether oxygens (including phenoxy) is 1. The first kappa shape index (κ1) is 15.9. The van der Waals surface area contributed by atoms with E-state index in [0.717, 1.165) is 22.4 Å². The van der Waals surface area contributed by atoms with E-state index >= 15 is 0 Å². The molecule has 0 fully saturated rings. The maximum absolute atomic E-state index is 5.20. The zero-order valence-corrected chi connectivity index (χ0v) is 14.3. The van der Waals surface area contributed by atoms with Crippen molar-refractivity contribution in [2.45, 2.75) is 32.9 Å². The quantitative estimate of drug-likeness (QED) is 0.864. The molecule has 0 aliphatic carbocycles. The van der Waals surface area contributed by atoms with Crippen molar-refractivity contribution < 1.29 is 4.74 Å². The first-order valence-electron chi connectivity index (χ1n) is 6.90. The fraction of sp³-hybridized carbons (Fsp3) is 0.500. The van der Waals surface area contributed by atoms with Gasteiger partial charge < -0.3 is 10.1 Å². The predicted octanol–water partition coefficient (Wildman–Crippen LogP) is 2.72. The number of hydrogen-bond donors (Lipinski definition) is 1. The molecule has 0 spiro atoms. The number of hydrogen-bond acceptors (Lipinski definition) is 5. The predicted molar refractivity (Wildman–Crippen MR) is 84.4 cm³/mol. The van der Waals surface area contributed by atoms with Gasteiger partial charge in [-0.15, -0.1) is 0 Å². The Balaban J connectivity index is 2.50. The highest BCUT2D eigenvalue weighted by molar-refractivity contribution is 9.10. The highest BCUT2D eigenvalue weighted by atomic mass is 79.9. The van der Waals surface area contributed by atoms with Gasteiger partial charge in [-0.05, 0) is 36.3 Å². The molecule has 0 aliphatic heterocycles. The minimum absolute atomic E-state index is 0.0776. The van der Waals surface area contributed by atoms with Crippen LogP contribution in [0.1, 0.15) is 44.2 Å². The van der Waals surface area contributed by atoms with Crippen LogP contribution in [0.4, 0.5) is 0 Å². The van der Waals surface area contributed by atoms with Gasteiger partial charge in [0.25, 0.3) is 0 Å². The average molecular weight is 354 g/mol. The standard InChI is InChI=1S/C14H20BrN5O/c1-5-16-13(11-6-12(21-4)18-8-17-11)14-10(15)7-19-20(14)9(2)3/h6-9,13,16H,5H2,1-4H3. The van der Waals surface area contributed by atoms with Gasteiger partial charge in [-0.2, -0.15) is 5.10 Å². The Hall–Kier alpha value is -1.47. The summed E-state index contributed by atoms with van der Waals surface area (Å²) in [6.45, 7) is 7.08. The molecular formula is C14H20BrN5O. The lowest BCUT2D eigenvalue weighted by Gasteiger charge is -2.21. The third-order valence-electron chi connectivity index (χ3n) is 3.13. The summed E-state index contributed by atoms with van der Waals surface area (Å²) in [5, 5.41) is 7.89. The summed E-state index contributed by atoms with van der Waals surface area (Å²) in [5.74, 6) is 0.551. The Bertz CT molecular complexity index is 599. The van der Waals surface area contributed by atoms with Gasteiger partial charge in [0, 0.05) is 12.1 Å². The topological polar surface area (TPSA) is 64.9 Å². The summed E-state index contributed by atoms with van der Waals surface area (Å²) < 4.78 is 8.15. The minimum atomic E-state index is -0.0776. The van der Waals surface area contributed by atoms with Crippen LogP contribution in [-0.4, -0.2) is 33.4 Å². The van der Waals surface area contributed by atoms with Gasteiger partial charge in [0.2, 0.25) is 5.88 Å². The number of rotatable bonds is 6. The zero-order chi connectivity index (χ0) is 15.4. The largest absolute Gasteiger partial charge is 0.481 e. The van der Waals surface area contributed by atoms with Crippen LogP contribution in [0.15, 0.2) is 23.1 Å². The average Bonchev–Trinajstić information content (AvgIpc) is 2.86. The van der Waals surface area contributed by atoms with Crippen LogP contribution in [0.5, 0.6) is 5.88 Å². The van der Waals surface area contributed by atoms with Gasteiger partial charge in [-0.1, -0.05) is 6.92 Å². The molecule has 2 rings (SSSR count). The molecule has 2 aromatic rings. The highest BCUT2D eigenvalue weighted by Gasteiger charge is 2.24. The summed E-state index contributed by atoms with van der Waals surface area (Å²) >= 11 is 3.59. The minimum Gasteiger partial charge on any atom is -0.481 e. The molecule has 1 atom stereocenters. The van der Waals surface area contributed by atoms with Crippen molar-refractivity contribution in [1.82, 2.24) is 25.1 Å². The Labute approximate surface area is 133 Å². The monoisotopic (exact) mass is 353 g/mol. The molecule has 1 N–H and O–H groups in total. The molecule has 2 aromatic heterocycles. The highest BCUT2D eigenvalue weighted by Crippen LogP contribution is 2.30. The molecular weight excluding hydrogens is 334 g/mol. The third-order valence-corrected chi connectivity index (χ3v) is 3.74. The van der Waals surface area contributed by atoms with Crippen molar-refractivity contribution in [3.63, 3.8) is 0 Å². The molecule has 0 amide bonds. The fourth-order valence-electron chi connectivity index (χ4n) is 2.20. The van der Waals surface area contributed by atoms with E-state index in [1.807, 2.05) is 16.9 Å².